The predicted molar refractivity (Wildman–Crippen MR) is 125 cm³/mol. The highest BCUT2D eigenvalue weighted by Crippen LogP contribution is 2.27. The third kappa shape index (κ3) is 6.82. The van der Waals surface area contributed by atoms with Gasteiger partial charge >= 0.3 is 0 Å². The van der Waals surface area contributed by atoms with Gasteiger partial charge in [0.05, 0.1) is 35.0 Å². The Bertz CT molecular complexity index is 817. The van der Waals surface area contributed by atoms with Crippen LogP contribution in [0.1, 0.15) is 47.5 Å². The van der Waals surface area contributed by atoms with Crippen molar-refractivity contribution in [1.82, 2.24) is 9.21 Å². The number of morpholine rings is 1. The zero-order valence-electron chi connectivity index (χ0n) is 19.5. The van der Waals surface area contributed by atoms with Crippen LogP contribution in [0.3, 0.4) is 0 Å². The minimum absolute atomic E-state index is 0.00140. The van der Waals surface area contributed by atoms with Crippen molar-refractivity contribution in [2.75, 3.05) is 49.9 Å². The van der Waals surface area contributed by atoms with Crippen LogP contribution < -0.4 is 10.6 Å². The summed E-state index contributed by atoms with van der Waals surface area (Å²) >= 11 is 0. The average Bonchev–Trinajstić information content (AvgIpc) is 2.72. The molecule has 0 aliphatic carbocycles. The quantitative estimate of drug-likeness (QED) is 0.500. The molecule has 0 spiro atoms. The lowest BCUT2D eigenvalue weighted by Gasteiger charge is -2.35. The Morgan fingerprint density at radius 2 is 1.74 bits per heavy atom. The Hall–Kier alpha value is -1.84. The molecule has 0 radical (unpaired) electrons. The average molecular weight is 455 g/mol. The van der Waals surface area contributed by atoms with Crippen molar-refractivity contribution in [2.24, 2.45) is 0 Å². The number of hydrogen-bond acceptors (Lipinski definition) is 6. The third-order valence-corrected chi connectivity index (χ3v) is 7.43. The van der Waals surface area contributed by atoms with E-state index in [1.807, 2.05) is 27.7 Å². The van der Waals surface area contributed by atoms with Crippen LogP contribution >= 0.6 is 0 Å². The molecule has 2 N–H and O–H groups in total. The molecule has 176 valence electrons. The molecule has 1 heterocycles. The lowest BCUT2D eigenvalue weighted by atomic mass is 10.2. The maximum absolute atomic E-state index is 13.0. The van der Waals surface area contributed by atoms with Crippen molar-refractivity contribution >= 4 is 27.3 Å². The Labute approximate surface area is 187 Å². The number of nitrogens with one attached hydrogen (secondary N) is 2. The van der Waals surface area contributed by atoms with Crippen LogP contribution in [-0.4, -0.2) is 75.0 Å². The molecule has 2 rings (SSSR count). The van der Waals surface area contributed by atoms with Gasteiger partial charge in [0, 0.05) is 32.7 Å². The zero-order valence-corrected chi connectivity index (χ0v) is 20.3. The molecule has 1 amide bonds. The van der Waals surface area contributed by atoms with Gasteiger partial charge in [0.25, 0.3) is 0 Å². The summed E-state index contributed by atoms with van der Waals surface area (Å²) in [7, 11) is -3.59. The Morgan fingerprint density at radius 3 is 2.32 bits per heavy atom. The molecular weight excluding hydrogens is 416 g/mol. The van der Waals surface area contributed by atoms with E-state index in [4.69, 9.17) is 4.74 Å². The summed E-state index contributed by atoms with van der Waals surface area (Å²) in [6.45, 7) is 12.5. The van der Waals surface area contributed by atoms with Crippen LogP contribution in [0.15, 0.2) is 23.1 Å². The fraction of sp³-hybridized carbons (Fsp3) is 0.682. The Balaban J connectivity index is 2.22. The molecule has 9 heteroatoms. The number of benzene rings is 1. The number of rotatable bonds is 11. The van der Waals surface area contributed by atoms with Gasteiger partial charge in [0.1, 0.15) is 0 Å². The fourth-order valence-electron chi connectivity index (χ4n) is 3.76. The van der Waals surface area contributed by atoms with E-state index >= 15 is 0 Å². The molecule has 1 aliphatic rings. The van der Waals surface area contributed by atoms with Gasteiger partial charge in [0.15, 0.2) is 0 Å². The molecule has 1 fully saturated rings. The summed E-state index contributed by atoms with van der Waals surface area (Å²) < 4.78 is 33.1. The highest BCUT2D eigenvalue weighted by molar-refractivity contribution is 7.89. The first-order chi connectivity index (χ1) is 14.7. The van der Waals surface area contributed by atoms with Crippen LogP contribution in [0.4, 0.5) is 11.4 Å². The summed E-state index contributed by atoms with van der Waals surface area (Å²) in [5.74, 6) is -0.0292. The molecule has 1 aliphatic heterocycles. The molecule has 2 unspecified atom stereocenters. The molecule has 8 nitrogen and oxygen atoms in total. The summed E-state index contributed by atoms with van der Waals surface area (Å²) in [4.78, 5) is 14.8. The maximum atomic E-state index is 13.0. The number of sulfonamides is 1. The van der Waals surface area contributed by atoms with E-state index in [1.54, 1.807) is 23.1 Å². The lowest BCUT2D eigenvalue weighted by Crippen LogP contribution is -2.49. The van der Waals surface area contributed by atoms with Gasteiger partial charge in [-0.05, 0) is 38.5 Å². The topological polar surface area (TPSA) is 91.0 Å². The van der Waals surface area contributed by atoms with Crippen molar-refractivity contribution in [3.63, 3.8) is 0 Å². The van der Waals surface area contributed by atoms with Gasteiger partial charge < -0.3 is 20.3 Å². The number of unbranched alkanes of at least 4 members (excludes halogenated alkanes) is 1. The maximum Gasteiger partial charge on any atom is 0.243 e. The minimum atomic E-state index is -3.59. The molecule has 2 atom stereocenters. The number of anilines is 2. The van der Waals surface area contributed by atoms with Crippen LogP contribution in [0, 0.1) is 0 Å². The molecule has 1 saturated heterocycles. The SMILES string of the molecule is CCCCNc1ccc(S(=O)(=O)N(CC)CC)cc1NCC(=O)N1CC(C)OC(C)C1. The molecule has 0 saturated carbocycles. The van der Waals surface area contributed by atoms with E-state index in [9.17, 15) is 13.2 Å². The largest absolute Gasteiger partial charge is 0.383 e. The molecule has 0 bridgehead atoms. The number of ether oxygens (including phenoxy) is 1. The second kappa shape index (κ2) is 11.7. The first-order valence-corrected chi connectivity index (χ1v) is 12.7. The van der Waals surface area contributed by atoms with E-state index < -0.39 is 10.0 Å². The second-order valence-electron chi connectivity index (χ2n) is 7.99. The van der Waals surface area contributed by atoms with Crippen molar-refractivity contribution in [3.8, 4) is 0 Å². The number of amides is 1. The van der Waals surface area contributed by atoms with E-state index in [0.717, 1.165) is 25.1 Å². The summed E-state index contributed by atoms with van der Waals surface area (Å²) in [6.07, 6.45) is 2.06. The molecule has 0 aromatic heterocycles. The van der Waals surface area contributed by atoms with Crippen LogP contribution in [0.25, 0.3) is 0 Å². The first-order valence-electron chi connectivity index (χ1n) is 11.3. The summed E-state index contributed by atoms with van der Waals surface area (Å²) in [5.41, 5.74) is 1.41. The van der Waals surface area contributed by atoms with Crippen LogP contribution in [0.5, 0.6) is 0 Å². The lowest BCUT2D eigenvalue weighted by molar-refractivity contribution is -0.141. The van der Waals surface area contributed by atoms with Gasteiger partial charge in [-0.2, -0.15) is 4.31 Å². The van der Waals surface area contributed by atoms with E-state index in [0.29, 0.717) is 31.9 Å². The van der Waals surface area contributed by atoms with Crippen molar-refractivity contribution in [1.29, 1.82) is 0 Å². The van der Waals surface area contributed by atoms with Crippen molar-refractivity contribution in [3.05, 3.63) is 18.2 Å². The number of carbonyl (C=O) groups excluding carboxylic acids is 1. The smallest absolute Gasteiger partial charge is 0.243 e. The predicted octanol–water partition coefficient (Wildman–Crippen LogP) is 2.98. The van der Waals surface area contributed by atoms with E-state index in [-0.39, 0.29) is 29.6 Å². The van der Waals surface area contributed by atoms with Gasteiger partial charge in [-0.3, -0.25) is 4.79 Å². The Morgan fingerprint density at radius 1 is 1.10 bits per heavy atom. The summed E-state index contributed by atoms with van der Waals surface area (Å²) in [5, 5.41) is 6.53. The Kier molecular flexibility index (Phi) is 9.58. The highest BCUT2D eigenvalue weighted by Gasteiger charge is 2.26. The van der Waals surface area contributed by atoms with Crippen LogP contribution in [-0.2, 0) is 19.6 Å². The van der Waals surface area contributed by atoms with E-state index in [1.165, 1.54) is 4.31 Å². The third-order valence-electron chi connectivity index (χ3n) is 5.38. The molecular formula is C22H38N4O4S. The van der Waals surface area contributed by atoms with Crippen molar-refractivity contribution < 1.29 is 17.9 Å². The second-order valence-corrected chi connectivity index (χ2v) is 9.92. The number of carbonyl (C=O) groups is 1. The van der Waals surface area contributed by atoms with Gasteiger partial charge in [-0.25, -0.2) is 8.42 Å². The fourth-order valence-corrected chi connectivity index (χ4v) is 5.25. The molecule has 1 aromatic carbocycles. The highest BCUT2D eigenvalue weighted by atomic mass is 32.2. The number of hydrogen-bond donors (Lipinski definition) is 2. The van der Waals surface area contributed by atoms with Crippen molar-refractivity contribution in [2.45, 2.75) is 64.6 Å². The molecule has 1 aromatic rings. The monoisotopic (exact) mass is 454 g/mol. The zero-order chi connectivity index (χ0) is 23.0. The normalized spacial score (nSPS) is 19.5. The standard InChI is InChI=1S/C22H38N4O4S/c1-6-9-12-23-20-11-10-19(31(28,29)26(7-2)8-3)13-21(20)24-14-22(27)25-15-17(4)30-18(5)16-25/h10-11,13,17-18,23-24H,6-9,12,14-16H2,1-5H3. The summed E-state index contributed by atoms with van der Waals surface area (Å²) in [6, 6.07) is 5.03. The minimum Gasteiger partial charge on any atom is -0.383 e. The van der Waals surface area contributed by atoms with Gasteiger partial charge in [0.2, 0.25) is 15.9 Å². The van der Waals surface area contributed by atoms with E-state index in [2.05, 4.69) is 17.6 Å². The first kappa shape index (κ1) is 25.4. The molecule has 31 heavy (non-hydrogen) atoms. The number of nitrogens with zero attached hydrogens (tertiary/aromatic N) is 2. The van der Waals surface area contributed by atoms with Gasteiger partial charge in [-0.15, -0.1) is 0 Å². The van der Waals surface area contributed by atoms with Gasteiger partial charge in [-0.1, -0.05) is 27.2 Å². The van der Waals surface area contributed by atoms with Crippen LogP contribution in [0.2, 0.25) is 0 Å².